The van der Waals surface area contributed by atoms with Crippen molar-refractivity contribution in [3.8, 4) is 0 Å². The van der Waals surface area contributed by atoms with Gasteiger partial charge in [-0.25, -0.2) is 4.79 Å². The first-order chi connectivity index (χ1) is 10.0. The molecule has 2 amide bonds. The lowest BCUT2D eigenvalue weighted by atomic mass is 9.83. The SMILES string of the molecule is CCC1CCCCC1NC(=O)N1CCC(CC)(C(=O)O)C1. The number of likely N-dealkylation sites (tertiary alicyclic amines) is 1. The zero-order chi connectivity index (χ0) is 15.5. The summed E-state index contributed by atoms with van der Waals surface area (Å²) in [6, 6.07) is 0.189. The first-order valence-electron chi connectivity index (χ1n) is 8.31. The van der Waals surface area contributed by atoms with Crippen LogP contribution in [0.1, 0.15) is 58.8 Å². The molecule has 1 saturated heterocycles. The highest BCUT2D eigenvalue weighted by Crippen LogP contribution is 2.34. The Morgan fingerprint density at radius 1 is 1.29 bits per heavy atom. The van der Waals surface area contributed by atoms with Gasteiger partial charge in [-0.05, 0) is 31.6 Å². The van der Waals surface area contributed by atoms with E-state index in [-0.39, 0.29) is 12.1 Å². The van der Waals surface area contributed by atoms with E-state index in [0.717, 1.165) is 12.8 Å². The number of carbonyl (C=O) groups excluding carboxylic acids is 1. The maximum atomic E-state index is 12.4. The number of nitrogens with one attached hydrogen (secondary N) is 1. The highest BCUT2D eigenvalue weighted by Gasteiger charge is 2.45. The van der Waals surface area contributed by atoms with Crippen LogP contribution in [0.3, 0.4) is 0 Å². The smallest absolute Gasteiger partial charge is 0.317 e. The van der Waals surface area contributed by atoms with E-state index in [9.17, 15) is 14.7 Å². The van der Waals surface area contributed by atoms with E-state index < -0.39 is 11.4 Å². The number of hydrogen-bond donors (Lipinski definition) is 2. The molecule has 2 fully saturated rings. The number of nitrogens with zero attached hydrogens (tertiary/aromatic N) is 1. The van der Waals surface area contributed by atoms with Gasteiger partial charge in [0.1, 0.15) is 0 Å². The fraction of sp³-hybridized carbons (Fsp3) is 0.875. The van der Waals surface area contributed by atoms with E-state index in [4.69, 9.17) is 0 Å². The van der Waals surface area contributed by atoms with Crippen molar-refractivity contribution >= 4 is 12.0 Å². The number of aliphatic carboxylic acids is 1. The average molecular weight is 296 g/mol. The van der Waals surface area contributed by atoms with Gasteiger partial charge < -0.3 is 15.3 Å². The average Bonchev–Trinajstić information content (AvgIpc) is 2.94. The van der Waals surface area contributed by atoms with Crippen molar-refractivity contribution in [2.24, 2.45) is 11.3 Å². The summed E-state index contributed by atoms with van der Waals surface area (Å²) in [5.74, 6) is -0.204. The van der Waals surface area contributed by atoms with Crippen molar-refractivity contribution in [3.05, 3.63) is 0 Å². The first-order valence-corrected chi connectivity index (χ1v) is 8.31. The number of rotatable bonds is 4. The summed E-state index contributed by atoms with van der Waals surface area (Å²) in [5, 5.41) is 12.6. The molecule has 0 bridgehead atoms. The van der Waals surface area contributed by atoms with Crippen LogP contribution in [0, 0.1) is 11.3 Å². The van der Waals surface area contributed by atoms with E-state index >= 15 is 0 Å². The Labute approximate surface area is 127 Å². The summed E-state index contributed by atoms with van der Waals surface area (Å²) < 4.78 is 0. The summed E-state index contributed by atoms with van der Waals surface area (Å²) >= 11 is 0. The molecule has 3 unspecified atom stereocenters. The number of carbonyl (C=O) groups is 2. The van der Waals surface area contributed by atoms with Crippen molar-refractivity contribution in [2.75, 3.05) is 13.1 Å². The van der Waals surface area contributed by atoms with Gasteiger partial charge in [0.05, 0.1) is 5.41 Å². The van der Waals surface area contributed by atoms with E-state index in [2.05, 4.69) is 12.2 Å². The molecule has 0 aromatic heterocycles. The van der Waals surface area contributed by atoms with Gasteiger partial charge in [-0.15, -0.1) is 0 Å². The molecule has 1 heterocycles. The van der Waals surface area contributed by atoms with Crippen molar-refractivity contribution in [3.63, 3.8) is 0 Å². The molecule has 21 heavy (non-hydrogen) atoms. The first kappa shape index (κ1) is 16.1. The van der Waals surface area contributed by atoms with Crippen LogP contribution in [-0.2, 0) is 4.79 Å². The van der Waals surface area contributed by atoms with E-state index in [1.54, 1.807) is 4.90 Å². The highest BCUT2D eigenvalue weighted by atomic mass is 16.4. The third-order valence-electron chi connectivity index (χ3n) is 5.51. The van der Waals surface area contributed by atoms with E-state index in [1.165, 1.54) is 19.3 Å². The van der Waals surface area contributed by atoms with E-state index in [1.807, 2.05) is 6.92 Å². The van der Waals surface area contributed by atoms with Gasteiger partial charge in [-0.2, -0.15) is 0 Å². The van der Waals surface area contributed by atoms with Gasteiger partial charge >= 0.3 is 12.0 Å². The normalized spacial score (nSPS) is 33.0. The number of amides is 2. The molecule has 5 nitrogen and oxygen atoms in total. The number of carboxylic acid groups (broad SMARTS) is 1. The molecule has 3 atom stereocenters. The molecule has 1 aliphatic heterocycles. The Kier molecular flexibility index (Phi) is 5.12. The molecule has 0 radical (unpaired) electrons. The van der Waals surface area contributed by atoms with Crippen molar-refractivity contribution in [1.82, 2.24) is 10.2 Å². The molecule has 2 aliphatic rings. The van der Waals surface area contributed by atoms with Crippen LogP contribution >= 0.6 is 0 Å². The topological polar surface area (TPSA) is 69.6 Å². The molecule has 2 rings (SSSR count). The number of urea groups is 1. The van der Waals surface area contributed by atoms with Crippen LogP contribution in [0.4, 0.5) is 4.79 Å². The zero-order valence-corrected chi connectivity index (χ0v) is 13.2. The highest BCUT2D eigenvalue weighted by molar-refractivity contribution is 5.79. The van der Waals surface area contributed by atoms with Crippen LogP contribution in [-0.4, -0.2) is 41.1 Å². The molecule has 0 aromatic carbocycles. The van der Waals surface area contributed by atoms with Crippen LogP contribution in [0.15, 0.2) is 0 Å². The molecular formula is C16H28N2O3. The summed E-state index contributed by atoms with van der Waals surface area (Å²) in [4.78, 5) is 25.6. The van der Waals surface area contributed by atoms with Crippen LogP contribution < -0.4 is 5.32 Å². The van der Waals surface area contributed by atoms with Crippen LogP contribution in [0.25, 0.3) is 0 Å². The number of carboxylic acids is 1. The summed E-state index contributed by atoms with van der Waals surface area (Å²) in [7, 11) is 0. The van der Waals surface area contributed by atoms with E-state index in [0.29, 0.717) is 31.8 Å². The lowest BCUT2D eigenvalue weighted by Crippen LogP contribution is -2.48. The summed E-state index contributed by atoms with van der Waals surface area (Å²) in [5.41, 5.74) is -0.742. The van der Waals surface area contributed by atoms with Gasteiger partial charge in [0.15, 0.2) is 0 Å². The molecule has 1 aliphatic carbocycles. The van der Waals surface area contributed by atoms with Gasteiger partial charge in [0, 0.05) is 19.1 Å². The van der Waals surface area contributed by atoms with Gasteiger partial charge in [0.25, 0.3) is 0 Å². The summed E-state index contributed by atoms with van der Waals surface area (Å²) in [6.07, 6.45) is 6.91. The monoisotopic (exact) mass is 296 g/mol. The third-order valence-corrected chi connectivity index (χ3v) is 5.51. The fourth-order valence-electron chi connectivity index (χ4n) is 3.80. The minimum Gasteiger partial charge on any atom is -0.481 e. The maximum absolute atomic E-state index is 12.4. The second-order valence-corrected chi connectivity index (χ2v) is 6.62. The Hall–Kier alpha value is -1.26. The quantitative estimate of drug-likeness (QED) is 0.838. The Bertz CT molecular complexity index is 399. The zero-order valence-electron chi connectivity index (χ0n) is 13.2. The maximum Gasteiger partial charge on any atom is 0.317 e. The van der Waals surface area contributed by atoms with Crippen LogP contribution in [0.5, 0.6) is 0 Å². The lowest BCUT2D eigenvalue weighted by Gasteiger charge is -2.33. The second-order valence-electron chi connectivity index (χ2n) is 6.62. The van der Waals surface area contributed by atoms with Crippen molar-refractivity contribution < 1.29 is 14.7 Å². The molecule has 120 valence electrons. The predicted octanol–water partition coefficient (Wildman–Crippen LogP) is 2.85. The fourth-order valence-corrected chi connectivity index (χ4v) is 3.80. The van der Waals surface area contributed by atoms with Gasteiger partial charge in [0.2, 0.25) is 0 Å². The Morgan fingerprint density at radius 3 is 2.57 bits per heavy atom. The molecule has 0 aromatic rings. The number of hydrogen-bond acceptors (Lipinski definition) is 2. The molecule has 0 spiro atoms. The lowest BCUT2D eigenvalue weighted by molar-refractivity contribution is -0.148. The van der Waals surface area contributed by atoms with Crippen molar-refractivity contribution in [1.29, 1.82) is 0 Å². The van der Waals surface area contributed by atoms with Crippen molar-refractivity contribution in [2.45, 2.75) is 64.8 Å². The van der Waals surface area contributed by atoms with Gasteiger partial charge in [-0.3, -0.25) is 4.79 Å². The standard InChI is InChI=1S/C16H28N2O3/c1-3-12-7-5-6-8-13(12)17-15(21)18-10-9-16(4-2,11-18)14(19)20/h12-13H,3-11H2,1-2H3,(H,17,21)(H,19,20). The van der Waals surface area contributed by atoms with Gasteiger partial charge in [-0.1, -0.05) is 33.1 Å². The van der Waals surface area contributed by atoms with Crippen LogP contribution in [0.2, 0.25) is 0 Å². The minimum atomic E-state index is -0.774. The summed E-state index contributed by atoms with van der Waals surface area (Å²) in [6.45, 7) is 4.96. The molecular weight excluding hydrogens is 268 g/mol. The Morgan fingerprint density at radius 2 is 2.00 bits per heavy atom. The predicted molar refractivity (Wildman–Crippen MR) is 81.1 cm³/mol. The molecule has 5 heteroatoms. The largest absolute Gasteiger partial charge is 0.481 e. The molecule has 2 N–H and O–H groups in total. The minimum absolute atomic E-state index is 0.0723. The second kappa shape index (κ2) is 6.67. The third kappa shape index (κ3) is 3.33. The Balaban J connectivity index is 1.94. The molecule has 1 saturated carbocycles.